The van der Waals surface area contributed by atoms with E-state index in [1.54, 1.807) is 7.11 Å². The van der Waals surface area contributed by atoms with Gasteiger partial charge in [0.2, 0.25) is 0 Å². The van der Waals surface area contributed by atoms with Gasteiger partial charge in [-0.25, -0.2) is 4.98 Å². The molecule has 0 radical (unpaired) electrons. The van der Waals surface area contributed by atoms with Crippen LogP contribution in [0.25, 0.3) is 0 Å². The van der Waals surface area contributed by atoms with Crippen LogP contribution in [0.3, 0.4) is 0 Å². The average Bonchev–Trinajstić information content (AvgIpc) is 3.21. The Hall–Kier alpha value is -1.63. The Labute approximate surface area is 130 Å². The van der Waals surface area contributed by atoms with Crippen molar-refractivity contribution in [2.45, 2.75) is 25.7 Å². The molecule has 1 aliphatic heterocycles. The van der Waals surface area contributed by atoms with E-state index < -0.39 is 0 Å². The molecule has 2 aromatic rings. The predicted molar refractivity (Wildman–Crippen MR) is 81.1 cm³/mol. The molecule has 1 fully saturated rings. The van der Waals surface area contributed by atoms with Gasteiger partial charge in [0.15, 0.2) is 0 Å². The quantitative estimate of drug-likeness (QED) is 0.848. The Morgan fingerprint density at radius 2 is 2.27 bits per heavy atom. The minimum atomic E-state index is 0.0770. The minimum absolute atomic E-state index is 0.0770. The average molecular weight is 305 g/mol. The Balaban J connectivity index is 1.51. The lowest BCUT2D eigenvalue weighted by atomic mass is 10.0. The van der Waals surface area contributed by atoms with Crippen LogP contribution in [0.2, 0.25) is 0 Å². The molecule has 1 N–H and O–H groups in total. The molecule has 0 aromatic carbocycles. The number of furan rings is 1. The molecule has 0 unspecified atom stereocenters. The standard InChI is InChI=1S/C16H23N3O3/c1-19-7-6-18-16(19)15-12(5-8-21-15)9-17-10-13-3-4-14(22-13)11-20-2/h3-4,6-7,12,15,17H,5,8-11H2,1-2H3/t12-,15+/m0/s1. The normalized spacial score (nSPS) is 21.5. The summed E-state index contributed by atoms with van der Waals surface area (Å²) in [6, 6.07) is 3.94. The summed E-state index contributed by atoms with van der Waals surface area (Å²) in [5.41, 5.74) is 0. The molecule has 6 heteroatoms. The molecule has 2 aromatic heterocycles. The maximum absolute atomic E-state index is 5.87. The molecule has 120 valence electrons. The first-order valence-electron chi connectivity index (χ1n) is 7.64. The van der Waals surface area contributed by atoms with Gasteiger partial charge in [-0.1, -0.05) is 0 Å². The molecule has 0 spiro atoms. The Kier molecular flexibility index (Phi) is 4.92. The maximum atomic E-state index is 5.87. The first-order valence-corrected chi connectivity index (χ1v) is 7.64. The zero-order valence-corrected chi connectivity index (χ0v) is 13.1. The summed E-state index contributed by atoms with van der Waals surface area (Å²) in [5.74, 6) is 3.23. The van der Waals surface area contributed by atoms with Gasteiger partial charge in [-0.05, 0) is 18.6 Å². The fraction of sp³-hybridized carbons (Fsp3) is 0.562. The summed E-state index contributed by atoms with van der Waals surface area (Å²) < 4.78 is 18.6. The van der Waals surface area contributed by atoms with Crippen LogP contribution < -0.4 is 5.32 Å². The van der Waals surface area contributed by atoms with Crippen LogP contribution in [-0.2, 0) is 29.7 Å². The molecule has 3 heterocycles. The summed E-state index contributed by atoms with van der Waals surface area (Å²) in [6.45, 7) is 2.91. The zero-order valence-electron chi connectivity index (χ0n) is 13.1. The largest absolute Gasteiger partial charge is 0.462 e. The third-order valence-electron chi connectivity index (χ3n) is 4.04. The lowest BCUT2D eigenvalue weighted by molar-refractivity contribution is 0.0809. The van der Waals surface area contributed by atoms with E-state index in [1.807, 2.05) is 36.1 Å². The third kappa shape index (κ3) is 3.40. The summed E-state index contributed by atoms with van der Waals surface area (Å²) in [5, 5.41) is 3.46. The Morgan fingerprint density at radius 1 is 1.41 bits per heavy atom. The number of rotatable bonds is 7. The maximum Gasteiger partial charge on any atom is 0.137 e. The van der Waals surface area contributed by atoms with Crippen molar-refractivity contribution in [3.8, 4) is 0 Å². The van der Waals surface area contributed by atoms with Gasteiger partial charge in [0.25, 0.3) is 0 Å². The van der Waals surface area contributed by atoms with E-state index in [-0.39, 0.29) is 6.10 Å². The molecule has 1 aliphatic rings. The molecule has 3 rings (SSSR count). The number of nitrogens with zero attached hydrogens (tertiary/aromatic N) is 2. The second-order valence-corrected chi connectivity index (χ2v) is 5.67. The van der Waals surface area contributed by atoms with Crippen molar-refractivity contribution in [3.63, 3.8) is 0 Å². The van der Waals surface area contributed by atoms with Gasteiger partial charge in [-0.2, -0.15) is 0 Å². The van der Waals surface area contributed by atoms with Gasteiger partial charge >= 0.3 is 0 Å². The molecule has 0 amide bonds. The second-order valence-electron chi connectivity index (χ2n) is 5.67. The first kappa shape index (κ1) is 15.3. The van der Waals surface area contributed by atoms with E-state index in [4.69, 9.17) is 13.9 Å². The fourth-order valence-electron chi connectivity index (χ4n) is 2.90. The van der Waals surface area contributed by atoms with E-state index in [1.165, 1.54) is 0 Å². The van der Waals surface area contributed by atoms with Gasteiger partial charge < -0.3 is 23.8 Å². The van der Waals surface area contributed by atoms with E-state index in [0.29, 0.717) is 19.1 Å². The fourth-order valence-corrected chi connectivity index (χ4v) is 2.90. The molecule has 6 nitrogen and oxygen atoms in total. The number of ether oxygens (including phenoxy) is 2. The van der Waals surface area contributed by atoms with Crippen molar-refractivity contribution in [2.24, 2.45) is 13.0 Å². The number of hydrogen-bond acceptors (Lipinski definition) is 5. The van der Waals surface area contributed by atoms with Crippen LogP contribution in [-0.4, -0.2) is 29.8 Å². The topological polar surface area (TPSA) is 61.4 Å². The SMILES string of the molecule is COCc1ccc(CNC[C@@H]2CCO[C@H]2c2nccn2C)o1. The summed E-state index contributed by atoms with van der Waals surface area (Å²) in [6.07, 6.45) is 4.91. The zero-order chi connectivity index (χ0) is 15.4. The molecule has 1 saturated heterocycles. The van der Waals surface area contributed by atoms with E-state index in [0.717, 1.165) is 36.9 Å². The molecular weight excluding hydrogens is 282 g/mol. The third-order valence-corrected chi connectivity index (χ3v) is 4.04. The second kappa shape index (κ2) is 7.09. The molecule has 2 atom stereocenters. The highest BCUT2D eigenvalue weighted by Crippen LogP contribution is 2.32. The highest BCUT2D eigenvalue weighted by molar-refractivity contribution is 5.06. The van der Waals surface area contributed by atoms with Gasteiger partial charge in [0.05, 0.1) is 6.54 Å². The lowest BCUT2D eigenvalue weighted by Crippen LogP contribution is -2.25. The van der Waals surface area contributed by atoms with Crippen LogP contribution in [0.1, 0.15) is 29.9 Å². The van der Waals surface area contributed by atoms with E-state index >= 15 is 0 Å². The molecule has 0 saturated carbocycles. The number of hydrogen-bond donors (Lipinski definition) is 1. The van der Waals surface area contributed by atoms with Gasteiger partial charge in [0.1, 0.15) is 30.1 Å². The lowest BCUT2D eigenvalue weighted by Gasteiger charge is -2.18. The molecule has 0 bridgehead atoms. The summed E-state index contributed by atoms with van der Waals surface area (Å²) in [4.78, 5) is 4.42. The monoisotopic (exact) mass is 305 g/mol. The Morgan fingerprint density at radius 3 is 3.05 bits per heavy atom. The minimum Gasteiger partial charge on any atom is -0.462 e. The van der Waals surface area contributed by atoms with Crippen molar-refractivity contribution < 1.29 is 13.9 Å². The van der Waals surface area contributed by atoms with Gasteiger partial charge in [0, 0.05) is 45.6 Å². The van der Waals surface area contributed by atoms with Crippen molar-refractivity contribution >= 4 is 0 Å². The number of aryl methyl sites for hydroxylation is 1. The summed E-state index contributed by atoms with van der Waals surface area (Å²) in [7, 11) is 3.67. The molecule has 22 heavy (non-hydrogen) atoms. The van der Waals surface area contributed by atoms with Gasteiger partial charge in [-0.15, -0.1) is 0 Å². The van der Waals surface area contributed by atoms with Crippen LogP contribution in [0.4, 0.5) is 0 Å². The van der Waals surface area contributed by atoms with E-state index in [9.17, 15) is 0 Å². The van der Waals surface area contributed by atoms with Crippen molar-refractivity contribution in [3.05, 3.63) is 41.9 Å². The highest BCUT2D eigenvalue weighted by Gasteiger charge is 2.31. The number of imidazole rings is 1. The number of aromatic nitrogens is 2. The van der Waals surface area contributed by atoms with Crippen molar-refractivity contribution in [1.82, 2.24) is 14.9 Å². The van der Waals surface area contributed by atoms with E-state index in [2.05, 4.69) is 10.3 Å². The van der Waals surface area contributed by atoms with Crippen LogP contribution in [0, 0.1) is 5.92 Å². The van der Waals surface area contributed by atoms with Crippen LogP contribution >= 0.6 is 0 Å². The molecular formula is C16H23N3O3. The van der Waals surface area contributed by atoms with Crippen molar-refractivity contribution in [1.29, 1.82) is 0 Å². The molecule has 0 aliphatic carbocycles. The number of methoxy groups -OCH3 is 1. The van der Waals surface area contributed by atoms with Crippen LogP contribution in [0.15, 0.2) is 28.9 Å². The highest BCUT2D eigenvalue weighted by atomic mass is 16.5. The smallest absolute Gasteiger partial charge is 0.137 e. The number of nitrogens with one attached hydrogen (secondary N) is 1. The first-order chi connectivity index (χ1) is 10.8. The predicted octanol–water partition coefficient (Wildman–Crippen LogP) is 2.03. The van der Waals surface area contributed by atoms with Crippen molar-refractivity contribution in [2.75, 3.05) is 20.3 Å². The summed E-state index contributed by atoms with van der Waals surface area (Å²) >= 11 is 0. The van der Waals surface area contributed by atoms with Crippen LogP contribution in [0.5, 0.6) is 0 Å². The van der Waals surface area contributed by atoms with Gasteiger partial charge in [-0.3, -0.25) is 0 Å². The Bertz CT molecular complexity index is 593.